The number of carbonyl (C=O) groups excluding carboxylic acids is 3. The number of ketones is 1. The summed E-state index contributed by atoms with van der Waals surface area (Å²) in [6.45, 7) is 2.25. The molecule has 0 radical (unpaired) electrons. The van der Waals surface area contributed by atoms with Gasteiger partial charge in [0.25, 0.3) is 0 Å². The minimum atomic E-state index is -0.839. The van der Waals surface area contributed by atoms with Gasteiger partial charge in [0.15, 0.2) is 0 Å². The standard InChI is InChI=1S/C12H22N2O5/c1-3-9(15)4-5-10(12(13)17)14-11(16)8-19-7-6-18-2/h10H,3-8H2,1-2H3,(H2,13,17)(H,14,16)/t10-/m0/s1. The third-order valence-corrected chi connectivity index (χ3v) is 2.45. The Kier molecular flexibility index (Phi) is 9.64. The Morgan fingerprint density at radius 1 is 1.26 bits per heavy atom. The van der Waals surface area contributed by atoms with E-state index in [0.717, 1.165) is 0 Å². The lowest BCUT2D eigenvalue weighted by Crippen LogP contribution is -2.46. The molecule has 0 unspecified atom stereocenters. The van der Waals surface area contributed by atoms with Crippen molar-refractivity contribution in [2.75, 3.05) is 26.9 Å². The van der Waals surface area contributed by atoms with Crippen LogP contribution >= 0.6 is 0 Å². The largest absolute Gasteiger partial charge is 0.382 e. The summed E-state index contributed by atoms with van der Waals surface area (Å²) in [4.78, 5) is 33.8. The van der Waals surface area contributed by atoms with Gasteiger partial charge in [0.2, 0.25) is 11.8 Å². The van der Waals surface area contributed by atoms with Crippen LogP contribution in [0, 0.1) is 0 Å². The van der Waals surface area contributed by atoms with Crippen LogP contribution < -0.4 is 11.1 Å². The van der Waals surface area contributed by atoms with Crippen LogP contribution in [0.1, 0.15) is 26.2 Å². The summed E-state index contributed by atoms with van der Waals surface area (Å²) in [6, 6.07) is -0.839. The summed E-state index contributed by atoms with van der Waals surface area (Å²) < 4.78 is 9.76. The average Bonchev–Trinajstić information content (AvgIpc) is 2.38. The molecule has 0 saturated heterocycles. The summed E-state index contributed by atoms with van der Waals surface area (Å²) in [5, 5.41) is 2.44. The van der Waals surface area contributed by atoms with Crippen molar-refractivity contribution < 1.29 is 23.9 Å². The number of primary amides is 1. The molecular weight excluding hydrogens is 252 g/mol. The quantitative estimate of drug-likeness (QED) is 0.488. The summed E-state index contributed by atoms with van der Waals surface area (Å²) in [6.07, 6.45) is 0.834. The third kappa shape index (κ3) is 9.15. The van der Waals surface area contributed by atoms with E-state index in [1.807, 2.05) is 0 Å². The monoisotopic (exact) mass is 274 g/mol. The van der Waals surface area contributed by atoms with Gasteiger partial charge < -0.3 is 20.5 Å². The second-order valence-electron chi connectivity index (χ2n) is 4.00. The Morgan fingerprint density at radius 3 is 2.47 bits per heavy atom. The van der Waals surface area contributed by atoms with E-state index in [4.69, 9.17) is 15.2 Å². The molecule has 110 valence electrons. The van der Waals surface area contributed by atoms with Crippen molar-refractivity contribution in [2.24, 2.45) is 5.73 Å². The van der Waals surface area contributed by atoms with Crippen LogP contribution in [0.25, 0.3) is 0 Å². The zero-order valence-corrected chi connectivity index (χ0v) is 11.4. The Hall–Kier alpha value is -1.47. The van der Waals surface area contributed by atoms with Crippen LogP contribution in [-0.4, -0.2) is 50.6 Å². The lowest BCUT2D eigenvalue weighted by Gasteiger charge is -2.15. The normalized spacial score (nSPS) is 11.9. The number of methoxy groups -OCH3 is 1. The fourth-order valence-electron chi connectivity index (χ4n) is 1.31. The Balaban J connectivity index is 4.01. The van der Waals surface area contributed by atoms with Crippen LogP contribution in [-0.2, 0) is 23.9 Å². The van der Waals surface area contributed by atoms with Crippen LogP contribution in [0.2, 0.25) is 0 Å². The van der Waals surface area contributed by atoms with E-state index in [2.05, 4.69) is 5.32 Å². The van der Waals surface area contributed by atoms with E-state index in [1.54, 1.807) is 6.92 Å². The lowest BCUT2D eigenvalue weighted by molar-refractivity contribution is -0.131. The molecule has 0 bridgehead atoms. The van der Waals surface area contributed by atoms with E-state index in [1.165, 1.54) is 7.11 Å². The molecule has 0 aromatic carbocycles. The van der Waals surface area contributed by atoms with Gasteiger partial charge in [0, 0.05) is 20.0 Å². The number of amides is 2. The summed E-state index contributed by atoms with van der Waals surface area (Å²) in [7, 11) is 1.53. The predicted octanol–water partition coefficient (Wildman–Crippen LogP) is -0.621. The average molecular weight is 274 g/mol. The number of hydrogen-bond acceptors (Lipinski definition) is 5. The molecule has 1 atom stereocenters. The molecule has 7 heteroatoms. The molecule has 0 saturated carbocycles. The van der Waals surface area contributed by atoms with E-state index in [-0.39, 0.29) is 25.2 Å². The molecule has 0 aromatic rings. The van der Waals surface area contributed by atoms with Crippen LogP contribution in [0.3, 0.4) is 0 Å². The fraction of sp³-hybridized carbons (Fsp3) is 0.750. The molecule has 0 fully saturated rings. The minimum Gasteiger partial charge on any atom is -0.382 e. The SMILES string of the molecule is CCC(=O)CC[C@H](NC(=O)COCCOC)C(N)=O. The number of Topliss-reactive ketones (excluding diaryl/α,β-unsaturated/α-hetero) is 1. The van der Waals surface area contributed by atoms with Gasteiger partial charge in [0.1, 0.15) is 18.4 Å². The number of carbonyl (C=O) groups is 3. The smallest absolute Gasteiger partial charge is 0.246 e. The molecule has 0 aromatic heterocycles. The second-order valence-corrected chi connectivity index (χ2v) is 4.00. The third-order valence-electron chi connectivity index (χ3n) is 2.45. The minimum absolute atomic E-state index is 0.0249. The van der Waals surface area contributed by atoms with Crippen molar-refractivity contribution in [2.45, 2.75) is 32.2 Å². The predicted molar refractivity (Wildman–Crippen MR) is 68.4 cm³/mol. The van der Waals surface area contributed by atoms with Gasteiger partial charge in [-0.15, -0.1) is 0 Å². The van der Waals surface area contributed by atoms with Gasteiger partial charge in [-0.2, -0.15) is 0 Å². The van der Waals surface area contributed by atoms with Crippen molar-refractivity contribution in [3.8, 4) is 0 Å². The maximum atomic E-state index is 11.5. The highest BCUT2D eigenvalue weighted by atomic mass is 16.5. The van der Waals surface area contributed by atoms with Gasteiger partial charge in [-0.25, -0.2) is 0 Å². The lowest BCUT2D eigenvalue weighted by atomic mass is 10.1. The second kappa shape index (κ2) is 10.5. The van der Waals surface area contributed by atoms with Gasteiger partial charge in [-0.1, -0.05) is 6.92 Å². The molecular formula is C12H22N2O5. The first-order chi connectivity index (χ1) is 9.01. The molecule has 2 amide bonds. The molecule has 0 rings (SSSR count). The molecule has 3 N–H and O–H groups in total. The molecule has 0 aliphatic carbocycles. The number of hydrogen-bond donors (Lipinski definition) is 2. The van der Waals surface area contributed by atoms with Gasteiger partial charge in [-0.3, -0.25) is 14.4 Å². The Labute approximate surface area is 112 Å². The molecule has 7 nitrogen and oxygen atoms in total. The van der Waals surface area contributed by atoms with E-state index in [9.17, 15) is 14.4 Å². The summed E-state index contributed by atoms with van der Waals surface area (Å²) in [5.41, 5.74) is 5.16. The highest BCUT2D eigenvalue weighted by Gasteiger charge is 2.18. The van der Waals surface area contributed by atoms with E-state index >= 15 is 0 Å². The zero-order chi connectivity index (χ0) is 14.7. The number of ether oxygens (including phenoxy) is 2. The molecule has 0 aliphatic rings. The number of nitrogens with one attached hydrogen (secondary N) is 1. The fourth-order valence-corrected chi connectivity index (χ4v) is 1.31. The van der Waals surface area contributed by atoms with Crippen molar-refractivity contribution >= 4 is 17.6 Å². The van der Waals surface area contributed by atoms with Crippen molar-refractivity contribution in [1.82, 2.24) is 5.32 Å². The maximum absolute atomic E-state index is 11.5. The topological polar surface area (TPSA) is 108 Å². The zero-order valence-electron chi connectivity index (χ0n) is 11.4. The number of rotatable bonds is 11. The first-order valence-corrected chi connectivity index (χ1v) is 6.18. The van der Waals surface area contributed by atoms with Gasteiger partial charge >= 0.3 is 0 Å². The van der Waals surface area contributed by atoms with Crippen LogP contribution in [0.4, 0.5) is 0 Å². The van der Waals surface area contributed by atoms with E-state index < -0.39 is 17.9 Å². The Morgan fingerprint density at radius 2 is 1.95 bits per heavy atom. The summed E-state index contributed by atoms with van der Waals surface area (Å²) >= 11 is 0. The van der Waals surface area contributed by atoms with Crippen LogP contribution in [0.15, 0.2) is 0 Å². The van der Waals surface area contributed by atoms with Gasteiger partial charge in [-0.05, 0) is 6.42 Å². The maximum Gasteiger partial charge on any atom is 0.246 e. The van der Waals surface area contributed by atoms with Crippen molar-refractivity contribution in [3.63, 3.8) is 0 Å². The first-order valence-electron chi connectivity index (χ1n) is 6.18. The van der Waals surface area contributed by atoms with Crippen LogP contribution in [0.5, 0.6) is 0 Å². The van der Waals surface area contributed by atoms with Crippen molar-refractivity contribution in [3.05, 3.63) is 0 Å². The highest BCUT2D eigenvalue weighted by molar-refractivity contribution is 5.87. The molecule has 0 aliphatic heterocycles. The Bertz CT molecular complexity index is 306. The van der Waals surface area contributed by atoms with Gasteiger partial charge in [0.05, 0.1) is 13.2 Å². The van der Waals surface area contributed by atoms with E-state index in [0.29, 0.717) is 19.6 Å². The van der Waals surface area contributed by atoms with Crippen molar-refractivity contribution in [1.29, 1.82) is 0 Å². The highest BCUT2D eigenvalue weighted by Crippen LogP contribution is 2.00. The number of nitrogens with two attached hydrogens (primary N) is 1. The molecule has 19 heavy (non-hydrogen) atoms. The molecule has 0 spiro atoms. The summed E-state index contributed by atoms with van der Waals surface area (Å²) in [5.74, 6) is -1.07. The first kappa shape index (κ1) is 17.5. The molecule has 0 heterocycles.